The smallest absolute Gasteiger partial charge is 0.262 e. The van der Waals surface area contributed by atoms with E-state index in [-0.39, 0.29) is 36.3 Å². The molecule has 1 unspecified atom stereocenters. The molecule has 3 rings (SSSR count). The van der Waals surface area contributed by atoms with E-state index in [1.807, 2.05) is 0 Å². The molecule has 2 aliphatic rings. The first-order valence-corrected chi connectivity index (χ1v) is 11.7. The summed E-state index contributed by atoms with van der Waals surface area (Å²) in [6.45, 7) is 1.30. The van der Waals surface area contributed by atoms with Crippen LogP contribution in [-0.4, -0.2) is 53.6 Å². The summed E-state index contributed by atoms with van der Waals surface area (Å²) in [5.74, 6) is -2.46. The topological polar surface area (TPSA) is 139 Å². The minimum Gasteiger partial charge on any atom is -0.356 e. The summed E-state index contributed by atoms with van der Waals surface area (Å²) in [4.78, 5) is 62.9. The zero-order chi connectivity index (χ0) is 23.8. The Morgan fingerprint density at radius 1 is 1.00 bits per heavy atom. The van der Waals surface area contributed by atoms with Gasteiger partial charge in [-0.25, -0.2) is 0 Å². The Kier molecular flexibility index (Phi) is 8.71. The van der Waals surface area contributed by atoms with Gasteiger partial charge < -0.3 is 11.1 Å². The van der Waals surface area contributed by atoms with Crippen molar-refractivity contribution in [3.05, 3.63) is 34.9 Å². The number of nitrogens with zero attached hydrogens (tertiary/aromatic N) is 1. The van der Waals surface area contributed by atoms with Crippen LogP contribution >= 0.6 is 0 Å². The van der Waals surface area contributed by atoms with E-state index in [2.05, 4.69) is 10.6 Å². The molecule has 2 heterocycles. The number of carbonyl (C=O) groups is 5. The average Bonchev–Trinajstić information content (AvgIpc) is 3.04. The summed E-state index contributed by atoms with van der Waals surface area (Å²) in [5.41, 5.74) is 6.29. The molecule has 0 aliphatic carbocycles. The quantitative estimate of drug-likeness (QED) is 0.321. The Hall–Kier alpha value is -3.07. The second kappa shape index (κ2) is 11.7. The molecular weight excluding hydrogens is 424 g/mol. The summed E-state index contributed by atoms with van der Waals surface area (Å²) >= 11 is 0. The highest BCUT2D eigenvalue weighted by molar-refractivity contribution is 6.24. The van der Waals surface area contributed by atoms with Gasteiger partial charge in [0.1, 0.15) is 6.04 Å². The molecule has 0 bridgehead atoms. The highest BCUT2D eigenvalue weighted by Gasteiger charge is 2.45. The average molecular weight is 457 g/mol. The maximum absolute atomic E-state index is 13.1. The molecule has 1 saturated heterocycles. The van der Waals surface area contributed by atoms with Gasteiger partial charge in [-0.1, -0.05) is 44.2 Å². The van der Waals surface area contributed by atoms with Crippen molar-refractivity contribution in [2.24, 2.45) is 5.73 Å². The van der Waals surface area contributed by atoms with Crippen LogP contribution in [0.2, 0.25) is 0 Å². The number of hydrogen-bond acceptors (Lipinski definition) is 6. The van der Waals surface area contributed by atoms with Gasteiger partial charge >= 0.3 is 0 Å². The molecular formula is C24H32N4O5. The van der Waals surface area contributed by atoms with E-state index in [9.17, 15) is 24.0 Å². The minimum atomic E-state index is -1.02. The number of carbonyl (C=O) groups excluding carboxylic acids is 5. The lowest BCUT2D eigenvalue weighted by Crippen LogP contribution is -2.54. The molecule has 1 fully saturated rings. The maximum atomic E-state index is 13.1. The number of piperidine rings is 1. The second-order valence-electron chi connectivity index (χ2n) is 8.58. The van der Waals surface area contributed by atoms with E-state index in [4.69, 9.17) is 5.73 Å². The van der Waals surface area contributed by atoms with Gasteiger partial charge in [-0.05, 0) is 37.4 Å². The number of amides is 5. The summed E-state index contributed by atoms with van der Waals surface area (Å²) in [7, 11) is 0. The predicted molar refractivity (Wildman–Crippen MR) is 121 cm³/mol. The fourth-order valence-corrected chi connectivity index (χ4v) is 4.35. The van der Waals surface area contributed by atoms with Gasteiger partial charge in [0.2, 0.25) is 17.7 Å². The molecule has 33 heavy (non-hydrogen) atoms. The largest absolute Gasteiger partial charge is 0.356 e. The van der Waals surface area contributed by atoms with Crippen molar-refractivity contribution in [1.29, 1.82) is 0 Å². The molecule has 0 saturated carbocycles. The van der Waals surface area contributed by atoms with Crippen LogP contribution in [0.1, 0.15) is 84.1 Å². The van der Waals surface area contributed by atoms with E-state index in [0.717, 1.165) is 43.5 Å². The van der Waals surface area contributed by atoms with Crippen LogP contribution in [0.3, 0.4) is 0 Å². The van der Waals surface area contributed by atoms with Crippen molar-refractivity contribution >= 4 is 29.5 Å². The molecule has 0 radical (unpaired) electrons. The molecule has 5 amide bonds. The molecule has 9 heteroatoms. The van der Waals surface area contributed by atoms with E-state index in [1.165, 1.54) is 18.9 Å². The first-order valence-electron chi connectivity index (χ1n) is 11.7. The van der Waals surface area contributed by atoms with Gasteiger partial charge in [0.05, 0.1) is 17.5 Å². The highest BCUT2D eigenvalue weighted by Crippen LogP contribution is 2.30. The Labute approximate surface area is 193 Å². The van der Waals surface area contributed by atoms with Crippen molar-refractivity contribution < 1.29 is 24.0 Å². The summed E-state index contributed by atoms with van der Waals surface area (Å²) in [6.07, 6.45) is 7.77. The first kappa shape index (κ1) is 24.6. The number of benzene rings is 1. The third-order valence-corrected chi connectivity index (χ3v) is 6.11. The molecule has 1 atom stereocenters. The van der Waals surface area contributed by atoms with E-state index in [1.54, 1.807) is 12.1 Å². The number of nitrogens with two attached hydrogens (primary N) is 1. The predicted octanol–water partition coefficient (Wildman–Crippen LogP) is 1.44. The molecule has 2 aliphatic heterocycles. The van der Waals surface area contributed by atoms with Gasteiger partial charge in [-0.15, -0.1) is 0 Å². The molecule has 0 aromatic heterocycles. The molecule has 178 valence electrons. The maximum Gasteiger partial charge on any atom is 0.262 e. The van der Waals surface area contributed by atoms with Gasteiger partial charge in [-0.3, -0.25) is 34.2 Å². The summed E-state index contributed by atoms with van der Waals surface area (Å²) in [5, 5.41) is 5.06. The first-order chi connectivity index (χ1) is 15.9. The van der Waals surface area contributed by atoms with Gasteiger partial charge in [0.25, 0.3) is 11.8 Å². The zero-order valence-corrected chi connectivity index (χ0v) is 18.9. The van der Waals surface area contributed by atoms with Crippen LogP contribution in [0, 0.1) is 0 Å². The lowest BCUT2D eigenvalue weighted by Gasteiger charge is -2.27. The third-order valence-electron chi connectivity index (χ3n) is 6.11. The fraction of sp³-hybridized carbons (Fsp3) is 0.542. The van der Waals surface area contributed by atoms with Gasteiger partial charge in [0.15, 0.2) is 0 Å². The van der Waals surface area contributed by atoms with E-state index in [0.29, 0.717) is 12.1 Å². The standard InChI is InChI=1S/C24H32N4O5/c25-13-6-4-2-1-3-5-7-14-26-20(30)15-16-9-8-10-17-21(16)24(33)28(23(17)32)18-11-12-19(29)27-22(18)31/h8-10,18H,1-7,11-15,25H2,(H,26,30)(H,27,29,31). The van der Waals surface area contributed by atoms with Crippen molar-refractivity contribution in [1.82, 2.24) is 15.5 Å². The van der Waals surface area contributed by atoms with Crippen LogP contribution in [0.4, 0.5) is 0 Å². The molecule has 4 N–H and O–H groups in total. The second-order valence-corrected chi connectivity index (χ2v) is 8.58. The van der Waals surface area contributed by atoms with Crippen LogP contribution in [-0.2, 0) is 20.8 Å². The van der Waals surface area contributed by atoms with Crippen molar-refractivity contribution in [3.8, 4) is 0 Å². The van der Waals surface area contributed by atoms with Crippen molar-refractivity contribution in [2.45, 2.75) is 70.3 Å². The molecule has 0 spiro atoms. The van der Waals surface area contributed by atoms with Crippen LogP contribution in [0.15, 0.2) is 18.2 Å². The monoisotopic (exact) mass is 456 g/mol. The minimum absolute atomic E-state index is 0.0233. The highest BCUT2D eigenvalue weighted by atomic mass is 16.2. The molecule has 1 aromatic carbocycles. The van der Waals surface area contributed by atoms with Crippen molar-refractivity contribution in [2.75, 3.05) is 13.1 Å². The zero-order valence-electron chi connectivity index (χ0n) is 18.9. The lowest BCUT2D eigenvalue weighted by molar-refractivity contribution is -0.136. The fourth-order valence-electron chi connectivity index (χ4n) is 4.35. The number of hydrogen-bond donors (Lipinski definition) is 3. The number of nitrogens with one attached hydrogen (secondary N) is 2. The normalized spacial score (nSPS) is 17.8. The Morgan fingerprint density at radius 3 is 2.39 bits per heavy atom. The van der Waals surface area contributed by atoms with Gasteiger partial charge in [-0.2, -0.15) is 0 Å². The van der Waals surface area contributed by atoms with Gasteiger partial charge in [0, 0.05) is 13.0 Å². The van der Waals surface area contributed by atoms with Crippen LogP contribution in [0.25, 0.3) is 0 Å². The van der Waals surface area contributed by atoms with Crippen molar-refractivity contribution in [3.63, 3.8) is 0 Å². The Morgan fingerprint density at radius 2 is 1.70 bits per heavy atom. The van der Waals surface area contributed by atoms with E-state index < -0.39 is 29.7 Å². The van der Waals surface area contributed by atoms with Crippen LogP contribution < -0.4 is 16.4 Å². The Bertz CT molecular complexity index is 929. The number of rotatable bonds is 12. The number of imide groups is 2. The number of fused-ring (bicyclic) bond motifs is 1. The SMILES string of the molecule is NCCCCCCCCCNC(=O)Cc1cccc2c1C(=O)N(C1CCC(=O)NC1=O)C2=O. The summed E-state index contributed by atoms with van der Waals surface area (Å²) in [6, 6.07) is 3.78. The summed E-state index contributed by atoms with van der Waals surface area (Å²) < 4.78 is 0. The number of unbranched alkanes of at least 4 members (excludes halogenated alkanes) is 6. The molecule has 1 aromatic rings. The lowest BCUT2D eigenvalue weighted by atomic mass is 10.00. The Balaban J connectivity index is 1.52. The molecule has 9 nitrogen and oxygen atoms in total. The third kappa shape index (κ3) is 6.04. The van der Waals surface area contributed by atoms with Crippen LogP contribution in [0.5, 0.6) is 0 Å². The van der Waals surface area contributed by atoms with E-state index >= 15 is 0 Å².